The first kappa shape index (κ1) is 22.2. The Hall–Kier alpha value is -3.05. The third kappa shape index (κ3) is 6.01. The molecular formula is C27H28F2N2O. The van der Waals surface area contributed by atoms with E-state index in [4.69, 9.17) is 0 Å². The van der Waals surface area contributed by atoms with Gasteiger partial charge < -0.3 is 4.90 Å². The fraction of sp³-hybridized carbons (Fsp3) is 0.296. The number of Topliss-reactive ketones (excluding diaryl/α,β-unsaturated/α-hetero) is 1. The normalized spacial score (nSPS) is 14.5. The third-order valence-corrected chi connectivity index (χ3v) is 6.04. The van der Waals surface area contributed by atoms with Crippen LogP contribution in [0.15, 0.2) is 72.8 Å². The predicted molar refractivity (Wildman–Crippen MR) is 124 cm³/mol. The van der Waals surface area contributed by atoms with Crippen LogP contribution in [0, 0.1) is 11.6 Å². The Balaban J connectivity index is 1.20. The summed E-state index contributed by atoms with van der Waals surface area (Å²) in [6, 6.07) is 21.1. The highest BCUT2D eigenvalue weighted by molar-refractivity contribution is 5.95. The van der Waals surface area contributed by atoms with E-state index >= 15 is 0 Å². The third-order valence-electron chi connectivity index (χ3n) is 6.04. The molecule has 5 heteroatoms. The van der Waals surface area contributed by atoms with Crippen LogP contribution in [0.25, 0.3) is 0 Å². The number of carbonyl (C=O) groups excluding carboxylic acids is 1. The van der Waals surface area contributed by atoms with Gasteiger partial charge in [0.15, 0.2) is 5.78 Å². The highest BCUT2D eigenvalue weighted by Gasteiger charge is 2.17. The number of ketones is 1. The van der Waals surface area contributed by atoms with E-state index in [0.717, 1.165) is 51.1 Å². The van der Waals surface area contributed by atoms with Gasteiger partial charge in [0.1, 0.15) is 11.6 Å². The summed E-state index contributed by atoms with van der Waals surface area (Å²) in [5, 5.41) is 0. The summed E-state index contributed by atoms with van der Waals surface area (Å²) in [4.78, 5) is 17.0. The van der Waals surface area contributed by atoms with Crippen molar-refractivity contribution in [2.75, 3.05) is 37.6 Å². The van der Waals surface area contributed by atoms with Crippen LogP contribution in [0.1, 0.15) is 34.3 Å². The summed E-state index contributed by atoms with van der Waals surface area (Å²) >= 11 is 0. The number of hydrogen-bond donors (Lipinski definition) is 0. The van der Waals surface area contributed by atoms with E-state index in [0.29, 0.717) is 12.0 Å². The lowest BCUT2D eigenvalue weighted by atomic mass is 10.0. The Labute approximate surface area is 188 Å². The Morgan fingerprint density at radius 1 is 0.719 bits per heavy atom. The van der Waals surface area contributed by atoms with Crippen LogP contribution in [0.3, 0.4) is 0 Å². The first-order valence-electron chi connectivity index (χ1n) is 11.2. The van der Waals surface area contributed by atoms with Crippen LogP contribution in [0.5, 0.6) is 0 Å². The number of halogens is 2. The molecule has 0 saturated carbocycles. The van der Waals surface area contributed by atoms with Gasteiger partial charge >= 0.3 is 0 Å². The number of anilines is 1. The van der Waals surface area contributed by atoms with Crippen molar-refractivity contribution in [2.45, 2.75) is 19.3 Å². The maximum Gasteiger partial charge on any atom is 0.162 e. The van der Waals surface area contributed by atoms with E-state index in [9.17, 15) is 13.6 Å². The van der Waals surface area contributed by atoms with E-state index in [-0.39, 0.29) is 17.4 Å². The average molecular weight is 435 g/mol. The van der Waals surface area contributed by atoms with Gasteiger partial charge in [-0.05, 0) is 79.0 Å². The second kappa shape index (κ2) is 10.5. The highest BCUT2D eigenvalue weighted by Crippen LogP contribution is 2.19. The van der Waals surface area contributed by atoms with Gasteiger partial charge in [0.2, 0.25) is 0 Å². The van der Waals surface area contributed by atoms with Crippen molar-refractivity contribution in [3.05, 3.63) is 101 Å². The summed E-state index contributed by atoms with van der Waals surface area (Å²) in [7, 11) is 0. The first-order valence-corrected chi connectivity index (χ1v) is 11.2. The van der Waals surface area contributed by atoms with E-state index in [1.54, 1.807) is 12.1 Å². The van der Waals surface area contributed by atoms with E-state index in [1.807, 2.05) is 12.1 Å². The Morgan fingerprint density at radius 3 is 1.84 bits per heavy atom. The molecule has 0 atom stereocenters. The molecule has 0 aliphatic carbocycles. The van der Waals surface area contributed by atoms with Gasteiger partial charge in [-0.3, -0.25) is 9.69 Å². The molecule has 3 aromatic rings. The molecule has 1 aliphatic heterocycles. The van der Waals surface area contributed by atoms with Gasteiger partial charge in [-0.1, -0.05) is 24.3 Å². The molecule has 1 heterocycles. The summed E-state index contributed by atoms with van der Waals surface area (Å²) in [5.41, 5.74) is 4.12. The lowest BCUT2D eigenvalue weighted by Crippen LogP contribution is -2.46. The van der Waals surface area contributed by atoms with Gasteiger partial charge in [0.05, 0.1) is 0 Å². The van der Waals surface area contributed by atoms with Crippen LogP contribution >= 0.6 is 0 Å². The van der Waals surface area contributed by atoms with Crippen molar-refractivity contribution in [1.29, 1.82) is 0 Å². The van der Waals surface area contributed by atoms with E-state index < -0.39 is 0 Å². The van der Waals surface area contributed by atoms with Crippen molar-refractivity contribution in [3.8, 4) is 0 Å². The quantitative estimate of drug-likeness (QED) is 0.447. The molecule has 0 aromatic heterocycles. The lowest BCUT2D eigenvalue weighted by Gasteiger charge is -2.36. The number of piperazine rings is 1. The van der Waals surface area contributed by atoms with Crippen LogP contribution in [0.2, 0.25) is 0 Å². The van der Waals surface area contributed by atoms with Crippen molar-refractivity contribution >= 4 is 11.5 Å². The van der Waals surface area contributed by atoms with Gasteiger partial charge in [0.25, 0.3) is 0 Å². The number of rotatable bonds is 8. The lowest BCUT2D eigenvalue weighted by molar-refractivity contribution is 0.0974. The van der Waals surface area contributed by atoms with Crippen LogP contribution < -0.4 is 4.90 Å². The molecular weight excluding hydrogens is 406 g/mol. The van der Waals surface area contributed by atoms with E-state index in [1.165, 1.54) is 35.5 Å². The maximum absolute atomic E-state index is 13.1. The van der Waals surface area contributed by atoms with Crippen molar-refractivity contribution in [1.82, 2.24) is 4.90 Å². The van der Waals surface area contributed by atoms with Crippen LogP contribution in [-0.2, 0) is 6.42 Å². The molecule has 1 aliphatic rings. The second-order valence-electron chi connectivity index (χ2n) is 8.33. The Bertz CT molecular complexity index is 1010. The number of hydrogen-bond acceptors (Lipinski definition) is 3. The molecule has 0 N–H and O–H groups in total. The largest absolute Gasteiger partial charge is 0.369 e. The molecule has 32 heavy (non-hydrogen) atoms. The standard InChI is InChI=1S/C27H28F2N2O/c28-24-9-3-21(4-10-24)20-22-5-13-26(14-6-22)31-18-16-30(17-19-31)15-1-2-27(32)23-7-11-25(29)12-8-23/h3-14H,1-2,15-20H2. The first-order chi connectivity index (χ1) is 15.6. The molecule has 4 rings (SSSR count). The molecule has 0 unspecified atom stereocenters. The molecule has 1 saturated heterocycles. The van der Waals surface area contributed by atoms with Crippen molar-refractivity contribution in [3.63, 3.8) is 0 Å². The molecule has 0 amide bonds. The number of benzene rings is 3. The van der Waals surface area contributed by atoms with Crippen LogP contribution in [-0.4, -0.2) is 43.4 Å². The summed E-state index contributed by atoms with van der Waals surface area (Å²) in [6.45, 7) is 4.77. The summed E-state index contributed by atoms with van der Waals surface area (Å²) < 4.78 is 26.0. The van der Waals surface area contributed by atoms with Crippen molar-refractivity contribution in [2.24, 2.45) is 0 Å². The molecule has 0 bridgehead atoms. The fourth-order valence-corrected chi connectivity index (χ4v) is 4.14. The zero-order valence-corrected chi connectivity index (χ0v) is 18.1. The molecule has 0 spiro atoms. The summed E-state index contributed by atoms with van der Waals surface area (Å²) in [6.07, 6.45) is 2.10. The smallest absolute Gasteiger partial charge is 0.162 e. The molecule has 0 radical (unpaired) electrons. The zero-order chi connectivity index (χ0) is 22.3. The topological polar surface area (TPSA) is 23.6 Å². The Kier molecular flexibility index (Phi) is 7.28. The van der Waals surface area contributed by atoms with Gasteiger partial charge in [-0.25, -0.2) is 8.78 Å². The Morgan fingerprint density at radius 2 is 1.25 bits per heavy atom. The van der Waals surface area contributed by atoms with Gasteiger partial charge in [-0.15, -0.1) is 0 Å². The molecule has 1 fully saturated rings. The average Bonchev–Trinajstić information content (AvgIpc) is 2.82. The number of carbonyl (C=O) groups is 1. The highest BCUT2D eigenvalue weighted by atomic mass is 19.1. The SMILES string of the molecule is O=C(CCCN1CCN(c2ccc(Cc3ccc(F)cc3)cc2)CC1)c1ccc(F)cc1. The maximum atomic E-state index is 13.1. The predicted octanol–water partition coefficient (Wildman–Crippen LogP) is 5.34. The zero-order valence-electron chi connectivity index (χ0n) is 18.1. The number of nitrogens with zero attached hydrogens (tertiary/aromatic N) is 2. The molecule has 3 aromatic carbocycles. The van der Waals surface area contributed by atoms with Crippen LogP contribution in [0.4, 0.5) is 14.5 Å². The monoisotopic (exact) mass is 434 g/mol. The second-order valence-corrected chi connectivity index (χ2v) is 8.33. The summed E-state index contributed by atoms with van der Waals surface area (Å²) in [5.74, 6) is -0.450. The minimum Gasteiger partial charge on any atom is -0.369 e. The van der Waals surface area contributed by atoms with E-state index in [2.05, 4.69) is 34.1 Å². The minimum atomic E-state index is -0.318. The van der Waals surface area contributed by atoms with Gasteiger partial charge in [0, 0.05) is 43.9 Å². The minimum absolute atomic E-state index is 0.0735. The van der Waals surface area contributed by atoms with Gasteiger partial charge in [-0.2, -0.15) is 0 Å². The molecule has 3 nitrogen and oxygen atoms in total. The molecule has 166 valence electrons. The fourth-order valence-electron chi connectivity index (χ4n) is 4.14. The van der Waals surface area contributed by atoms with Crippen molar-refractivity contribution < 1.29 is 13.6 Å².